The van der Waals surface area contributed by atoms with Crippen LogP contribution in [0.2, 0.25) is 0 Å². The minimum atomic E-state index is -0.919. The molecule has 88 valence electrons. The first-order valence-electron chi connectivity index (χ1n) is 5.09. The molecule has 0 fully saturated rings. The fraction of sp³-hybridized carbons (Fsp3) is 0.167. The van der Waals surface area contributed by atoms with Crippen LogP contribution in [0.3, 0.4) is 0 Å². The van der Waals surface area contributed by atoms with Gasteiger partial charge in [-0.1, -0.05) is 6.07 Å². The third-order valence-electron chi connectivity index (χ3n) is 2.17. The summed E-state index contributed by atoms with van der Waals surface area (Å²) < 4.78 is 5.46. The summed E-state index contributed by atoms with van der Waals surface area (Å²) in [6.07, 6.45) is 4.27. The second-order valence-electron chi connectivity index (χ2n) is 3.41. The van der Waals surface area contributed by atoms with Gasteiger partial charge >= 0.3 is 5.97 Å². The molecule has 0 aromatic carbocycles. The van der Waals surface area contributed by atoms with Crippen molar-refractivity contribution in [3.63, 3.8) is 0 Å². The van der Waals surface area contributed by atoms with Gasteiger partial charge < -0.3 is 9.84 Å². The number of carboxylic acids is 1. The van der Waals surface area contributed by atoms with Crippen LogP contribution < -0.4 is 4.74 Å². The molecule has 2 rings (SSSR count). The van der Waals surface area contributed by atoms with Gasteiger partial charge in [0.15, 0.2) is 0 Å². The van der Waals surface area contributed by atoms with E-state index in [1.54, 1.807) is 17.8 Å². The molecule has 0 spiro atoms. The number of pyridine rings is 1. The number of aromatic nitrogens is 1. The molecule has 2 aromatic rings. The van der Waals surface area contributed by atoms with Crippen LogP contribution in [-0.4, -0.2) is 22.7 Å². The van der Waals surface area contributed by atoms with Gasteiger partial charge in [-0.2, -0.15) is 0 Å². The fourth-order valence-corrected chi connectivity index (χ4v) is 2.00. The number of nitrogens with zero attached hydrogens (tertiary/aromatic N) is 1. The van der Waals surface area contributed by atoms with E-state index >= 15 is 0 Å². The van der Waals surface area contributed by atoms with E-state index in [1.165, 1.54) is 17.4 Å². The van der Waals surface area contributed by atoms with Gasteiger partial charge in [0.25, 0.3) is 0 Å². The first-order valence-corrected chi connectivity index (χ1v) is 5.97. The Balaban J connectivity index is 1.84. The summed E-state index contributed by atoms with van der Waals surface area (Å²) in [5.74, 6) is -0.312. The number of ether oxygens (including phenoxy) is 1. The maximum atomic E-state index is 10.7. The molecule has 0 unspecified atom stereocenters. The van der Waals surface area contributed by atoms with E-state index in [-0.39, 0.29) is 0 Å². The number of hydrogen-bond acceptors (Lipinski definition) is 4. The van der Waals surface area contributed by atoms with Gasteiger partial charge in [0.05, 0.1) is 6.61 Å². The Morgan fingerprint density at radius 3 is 3.06 bits per heavy atom. The van der Waals surface area contributed by atoms with Crippen LogP contribution in [0, 0.1) is 0 Å². The van der Waals surface area contributed by atoms with Crippen LogP contribution >= 0.6 is 11.3 Å². The highest BCUT2D eigenvalue weighted by Crippen LogP contribution is 2.21. The van der Waals surface area contributed by atoms with Crippen LogP contribution in [0.25, 0.3) is 0 Å². The molecule has 0 aliphatic rings. The van der Waals surface area contributed by atoms with E-state index in [4.69, 9.17) is 9.84 Å². The van der Waals surface area contributed by atoms with Crippen molar-refractivity contribution in [2.45, 2.75) is 6.42 Å². The van der Waals surface area contributed by atoms with Crippen LogP contribution in [0.15, 0.2) is 36.0 Å². The van der Waals surface area contributed by atoms with Crippen LogP contribution in [-0.2, 0) is 6.42 Å². The van der Waals surface area contributed by atoms with Gasteiger partial charge in [0, 0.05) is 30.3 Å². The van der Waals surface area contributed by atoms with Crippen molar-refractivity contribution in [1.82, 2.24) is 4.98 Å². The van der Waals surface area contributed by atoms with Crippen LogP contribution in [0.4, 0.5) is 0 Å². The number of thiophene rings is 1. The molecule has 1 N–H and O–H groups in total. The largest absolute Gasteiger partial charge is 0.492 e. The van der Waals surface area contributed by atoms with E-state index in [9.17, 15) is 4.79 Å². The Kier molecular flexibility index (Phi) is 3.72. The predicted molar refractivity (Wildman–Crippen MR) is 64.7 cm³/mol. The molecule has 5 heteroatoms. The highest BCUT2D eigenvalue weighted by molar-refractivity contribution is 7.12. The van der Waals surface area contributed by atoms with E-state index in [2.05, 4.69) is 4.98 Å². The van der Waals surface area contributed by atoms with Crippen LogP contribution in [0.1, 0.15) is 15.2 Å². The minimum Gasteiger partial charge on any atom is -0.492 e. The van der Waals surface area contributed by atoms with E-state index < -0.39 is 5.97 Å². The SMILES string of the molecule is O=C(O)c1cc(OCCc2cccnc2)cs1. The lowest BCUT2D eigenvalue weighted by Gasteiger charge is -2.02. The van der Waals surface area contributed by atoms with Gasteiger partial charge in [-0.15, -0.1) is 11.3 Å². The van der Waals surface area contributed by atoms with Gasteiger partial charge in [0.2, 0.25) is 0 Å². The maximum Gasteiger partial charge on any atom is 0.346 e. The second-order valence-corrected chi connectivity index (χ2v) is 4.32. The Bertz CT molecular complexity index is 495. The lowest BCUT2D eigenvalue weighted by atomic mass is 10.2. The highest BCUT2D eigenvalue weighted by atomic mass is 32.1. The summed E-state index contributed by atoms with van der Waals surface area (Å²) in [6, 6.07) is 5.39. The number of carboxylic acid groups (broad SMARTS) is 1. The van der Waals surface area contributed by atoms with E-state index in [0.29, 0.717) is 17.2 Å². The van der Waals surface area contributed by atoms with Crippen molar-refractivity contribution in [3.8, 4) is 5.75 Å². The summed E-state index contributed by atoms with van der Waals surface area (Å²) in [4.78, 5) is 15.0. The molecule has 0 aliphatic carbocycles. The number of rotatable bonds is 5. The number of carbonyl (C=O) groups is 1. The first-order chi connectivity index (χ1) is 8.25. The Labute approximate surface area is 103 Å². The molecule has 0 aliphatic heterocycles. The van der Waals surface area contributed by atoms with E-state index in [1.807, 2.05) is 12.1 Å². The summed E-state index contributed by atoms with van der Waals surface area (Å²) in [6.45, 7) is 0.515. The highest BCUT2D eigenvalue weighted by Gasteiger charge is 2.07. The number of hydrogen-bond donors (Lipinski definition) is 1. The third-order valence-corrected chi connectivity index (χ3v) is 3.07. The summed E-state index contributed by atoms with van der Waals surface area (Å²) >= 11 is 1.17. The van der Waals surface area contributed by atoms with E-state index in [0.717, 1.165) is 12.0 Å². The normalized spacial score (nSPS) is 10.1. The third kappa shape index (κ3) is 3.29. The van der Waals surface area contributed by atoms with Crippen molar-refractivity contribution < 1.29 is 14.6 Å². The zero-order valence-electron chi connectivity index (χ0n) is 9.00. The van der Waals surface area contributed by atoms with Crippen molar-refractivity contribution in [1.29, 1.82) is 0 Å². The molecule has 0 saturated carbocycles. The quantitative estimate of drug-likeness (QED) is 0.884. The minimum absolute atomic E-state index is 0.293. The predicted octanol–water partition coefficient (Wildman–Crippen LogP) is 2.46. The Morgan fingerprint density at radius 1 is 1.53 bits per heavy atom. The molecular formula is C12H11NO3S. The van der Waals surface area contributed by atoms with Crippen molar-refractivity contribution in [2.75, 3.05) is 6.61 Å². The Morgan fingerprint density at radius 2 is 2.41 bits per heavy atom. The van der Waals surface area contributed by atoms with Gasteiger partial charge in [-0.3, -0.25) is 4.98 Å². The fourth-order valence-electron chi connectivity index (χ4n) is 1.34. The molecule has 2 aromatic heterocycles. The average Bonchev–Trinajstić information content (AvgIpc) is 2.79. The zero-order valence-corrected chi connectivity index (χ0v) is 9.81. The molecule has 17 heavy (non-hydrogen) atoms. The zero-order chi connectivity index (χ0) is 12.1. The monoisotopic (exact) mass is 249 g/mol. The summed E-state index contributed by atoms with van der Waals surface area (Å²) in [5, 5.41) is 10.4. The molecule has 0 bridgehead atoms. The molecular weight excluding hydrogens is 238 g/mol. The topological polar surface area (TPSA) is 59.4 Å². The van der Waals surface area contributed by atoms with Crippen molar-refractivity contribution in [2.24, 2.45) is 0 Å². The lowest BCUT2D eigenvalue weighted by molar-refractivity contribution is 0.0702. The second kappa shape index (κ2) is 5.45. The van der Waals surface area contributed by atoms with Gasteiger partial charge in [0.1, 0.15) is 10.6 Å². The Hall–Kier alpha value is -1.88. The molecule has 0 saturated heterocycles. The smallest absolute Gasteiger partial charge is 0.346 e. The molecule has 0 atom stereocenters. The molecule has 2 heterocycles. The van der Waals surface area contributed by atoms with Gasteiger partial charge in [-0.05, 0) is 11.6 Å². The van der Waals surface area contributed by atoms with Crippen molar-refractivity contribution >= 4 is 17.3 Å². The standard InChI is InChI=1S/C12H11NO3S/c14-12(15)11-6-10(8-17-11)16-5-3-9-2-1-4-13-7-9/h1-2,4,6-8H,3,5H2,(H,14,15). The average molecular weight is 249 g/mol. The van der Waals surface area contributed by atoms with Gasteiger partial charge in [-0.25, -0.2) is 4.79 Å². The summed E-state index contributed by atoms with van der Waals surface area (Å²) in [7, 11) is 0. The molecule has 0 amide bonds. The summed E-state index contributed by atoms with van der Waals surface area (Å²) in [5.41, 5.74) is 1.10. The van der Waals surface area contributed by atoms with Crippen LogP contribution in [0.5, 0.6) is 5.75 Å². The first kappa shape index (κ1) is 11.6. The molecule has 4 nitrogen and oxygen atoms in total. The maximum absolute atomic E-state index is 10.7. The van der Waals surface area contributed by atoms with Crippen molar-refractivity contribution in [3.05, 3.63) is 46.4 Å². The number of aromatic carboxylic acids is 1. The lowest BCUT2D eigenvalue weighted by Crippen LogP contribution is -2.00. The molecule has 0 radical (unpaired) electrons.